The van der Waals surface area contributed by atoms with Crippen LogP contribution in [0, 0.1) is 0 Å². The minimum absolute atomic E-state index is 0.0126. The molecule has 0 saturated carbocycles. The molecule has 0 spiro atoms. The van der Waals surface area contributed by atoms with Crippen molar-refractivity contribution in [3.8, 4) is 16.8 Å². The van der Waals surface area contributed by atoms with E-state index in [2.05, 4.69) is 5.10 Å². The molecule has 0 unspecified atom stereocenters. The second-order valence-electron chi connectivity index (χ2n) is 10.3. The summed E-state index contributed by atoms with van der Waals surface area (Å²) in [7, 11) is -4.29. The second kappa shape index (κ2) is 13.9. The standard InChI is InChI=1S/C31H31F3N4O6S/c1-2-3-13-27-35-38(25-11-6-5-10-24(25)31(32,33)34)30(42)37(27)20-21-16-18-22(19-17-21)23-9-4-7-12-26(23)45(43,44)36-28(39)14-8-15-29(40)41/h4-7,9-12,16-19H,2-3,8,13-15,20H2,1H3,(H,36,39)(H,40,41). The van der Waals surface area contributed by atoms with Gasteiger partial charge in [-0.3, -0.25) is 14.2 Å². The van der Waals surface area contributed by atoms with E-state index in [0.29, 0.717) is 35.4 Å². The van der Waals surface area contributed by atoms with Crippen LogP contribution in [0.3, 0.4) is 0 Å². The van der Waals surface area contributed by atoms with Crippen molar-refractivity contribution in [1.82, 2.24) is 19.1 Å². The first-order chi connectivity index (χ1) is 21.3. The lowest BCUT2D eigenvalue weighted by Gasteiger charge is -2.12. The predicted molar refractivity (Wildman–Crippen MR) is 159 cm³/mol. The summed E-state index contributed by atoms with van der Waals surface area (Å²) in [5, 5.41) is 13.0. The number of amides is 1. The SMILES string of the molecule is CCCCc1nn(-c2ccccc2C(F)(F)F)c(=O)n1Cc1ccc(-c2ccccc2S(=O)(=O)NC(=O)CCCC(=O)O)cc1. The topological polar surface area (TPSA) is 140 Å². The summed E-state index contributed by atoms with van der Waals surface area (Å²) < 4.78 is 71.3. The van der Waals surface area contributed by atoms with Gasteiger partial charge in [0, 0.05) is 24.8 Å². The lowest BCUT2D eigenvalue weighted by Crippen LogP contribution is -2.30. The summed E-state index contributed by atoms with van der Waals surface area (Å²) in [5.74, 6) is -1.59. The smallest absolute Gasteiger partial charge is 0.418 e. The monoisotopic (exact) mass is 644 g/mol. The van der Waals surface area contributed by atoms with Gasteiger partial charge in [-0.15, -0.1) is 5.10 Å². The van der Waals surface area contributed by atoms with Gasteiger partial charge in [0.25, 0.3) is 10.0 Å². The highest BCUT2D eigenvalue weighted by Gasteiger charge is 2.35. The average Bonchev–Trinajstić information content (AvgIpc) is 3.29. The first-order valence-electron chi connectivity index (χ1n) is 14.1. The predicted octanol–water partition coefficient (Wildman–Crippen LogP) is 5.17. The van der Waals surface area contributed by atoms with Crippen LogP contribution in [-0.4, -0.2) is 39.7 Å². The number of unbranched alkanes of at least 4 members (excludes halogenated alkanes) is 1. The molecule has 14 heteroatoms. The molecular formula is C31H31F3N4O6S. The molecule has 0 aliphatic carbocycles. The van der Waals surface area contributed by atoms with E-state index in [9.17, 15) is 36.0 Å². The molecule has 0 saturated heterocycles. The molecule has 2 N–H and O–H groups in total. The van der Waals surface area contributed by atoms with Crippen molar-refractivity contribution in [2.75, 3.05) is 0 Å². The minimum Gasteiger partial charge on any atom is -0.481 e. The van der Waals surface area contributed by atoms with Gasteiger partial charge in [-0.2, -0.15) is 17.9 Å². The second-order valence-corrected chi connectivity index (χ2v) is 11.9. The summed E-state index contributed by atoms with van der Waals surface area (Å²) >= 11 is 0. The zero-order valence-corrected chi connectivity index (χ0v) is 25.1. The first kappa shape index (κ1) is 33.2. The van der Waals surface area contributed by atoms with E-state index in [1.54, 1.807) is 36.4 Å². The number of halogens is 3. The van der Waals surface area contributed by atoms with Crippen LogP contribution < -0.4 is 10.4 Å². The van der Waals surface area contributed by atoms with E-state index < -0.39 is 39.3 Å². The van der Waals surface area contributed by atoms with Crippen LogP contribution >= 0.6 is 0 Å². The number of sulfonamides is 1. The fourth-order valence-electron chi connectivity index (χ4n) is 4.74. The minimum atomic E-state index is -4.69. The van der Waals surface area contributed by atoms with Crippen molar-refractivity contribution in [2.24, 2.45) is 0 Å². The third-order valence-electron chi connectivity index (χ3n) is 6.96. The van der Waals surface area contributed by atoms with Crippen molar-refractivity contribution >= 4 is 21.9 Å². The molecule has 0 fully saturated rings. The highest BCUT2D eigenvalue weighted by atomic mass is 32.2. The van der Waals surface area contributed by atoms with Crippen LogP contribution in [0.15, 0.2) is 82.5 Å². The highest BCUT2D eigenvalue weighted by molar-refractivity contribution is 7.90. The van der Waals surface area contributed by atoms with Gasteiger partial charge in [0.1, 0.15) is 5.82 Å². The van der Waals surface area contributed by atoms with E-state index in [1.165, 1.54) is 34.9 Å². The molecular weight excluding hydrogens is 613 g/mol. The van der Waals surface area contributed by atoms with Gasteiger partial charge in [0.2, 0.25) is 5.91 Å². The van der Waals surface area contributed by atoms with Gasteiger partial charge >= 0.3 is 17.8 Å². The summed E-state index contributed by atoms with van der Waals surface area (Å²) in [5.41, 5.74) is -0.660. The number of nitrogens with zero attached hydrogens (tertiary/aromatic N) is 3. The van der Waals surface area contributed by atoms with Gasteiger partial charge in [-0.05, 0) is 42.2 Å². The zero-order chi connectivity index (χ0) is 32.8. The van der Waals surface area contributed by atoms with Crippen LogP contribution in [0.5, 0.6) is 0 Å². The fraction of sp³-hybridized carbons (Fsp3) is 0.290. The van der Waals surface area contributed by atoms with Crippen molar-refractivity contribution < 1.29 is 36.3 Å². The Kier molecular flexibility index (Phi) is 10.3. The summed E-state index contributed by atoms with van der Waals surface area (Å²) in [4.78, 5) is 36.1. The third kappa shape index (κ3) is 8.06. The van der Waals surface area contributed by atoms with Crippen LogP contribution in [0.1, 0.15) is 56.0 Å². The molecule has 4 aromatic rings. The Morgan fingerprint density at radius 1 is 0.933 bits per heavy atom. The molecule has 3 aromatic carbocycles. The quantitative estimate of drug-likeness (QED) is 0.205. The molecule has 45 heavy (non-hydrogen) atoms. The van der Waals surface area contributed by atoms with E-state index in [4.69, 9.17) is 5.11 Å². The van der Waals surface area contributed by atoms with Crippen molar-refractivity contribution in [3.05, 3.63) is 100 Å². The van der Waals surface area contributed by atoms with Gasteiger partial charge in [0.05, 0.1) is 22.7 Å². The van der Waals surface area contributed by atoms with Crippen LogP contribution in [0.4, 0.5) is 13.2 Å². The third-order valence-corrected chi connectivity index (χ3v) is 8.39. The Bertz CT molecular complexity index is 1850. The number of hydrogen-bond donors (Lipinski definition) is 2. The van der Waals surface area contributed by atoms with Gasteiger partial charge < -0.3 is 5.11 Å². The van der Waals surface area contributed by atoms with Crippen LogP contribution in [0.2, 0.25) is 0 Å². The average molecular weight is 645 g/mol. The number of nitrogens with one attached hydrogen (secondary N) is 1. The van der Waals surface area contributed by atoms with E-state index in [1.807, 2.05) is 11.6 Å². The van der Waals surface area contributed by atoms with Crippen molar-refractivity contribution in [2.45, 2.75) is 63.1 Å². The number of hydrogen-bond acceptors (Lipinski definition) is 6. The molecule has 238 valence electrons. The van der Waals surface area contributed by atoms with E-state index >= 15 is 0 Å². The van der Waals surface area contributed by atoms with E-state index in [-0.39, 0.29) is 36.4 Å². The Morgan fingerprint density at radius 3 is 2.27 bits per heavy atom. The molecule has 0 bridgehead atoms. The zero-order valence-electron chi connectivity index (χ0n) is 24.3. The Morgan fingerprint density at radius 2 is 1.60 bits per heavy atom. The molecule has 1 aromatic heterocycles. The number of para-hydroxylation sites is 1. The maximum atomic E-state index is 13.7. The van der Waals surface area contributed by atoms with Gasteiger partial charge in [-0.25, -0.2) is 17.9 Å². The molecule has 0 aliphatic rings. The number of aliphatic carboxylic acids is 1. The maximum absolute atomic E-state index is 13.7. The maximum Gasteiger partial charge on any atom is 0.418 e. The van der Waals surface area contributed by atoms with Gasteiger partial charge in [0.15, 0.2) is 0 Å². The summed E-state index contributed by atoms with van der Waals surface area (Å²) in [6, 6.07) is 17.4. The molecule has 10 nitrogen and oxygen atoms in total. The normalized spacial score (nSPS) is 11.8. The number of carboxylic acid groups (broad SMARTS) is 1. The molecule has 1 amide bonds. The molecule has 0 atom stereocenters. The number of aryl methyl sites for hydroxylation is 1. The van der Waals surface area contributed by atoms with Crippen LogP contribution in [0.25, 0.3) is 16.8 Å². The Labute approximate surface area is 257 Å². The number of carbonyl (C=O) groups excluding carboxylic acids is 1. The molecule has 0 radical (unpaired) electrons. The van der Waals surface area contributed by atoms with Crippen LogP contribution in [-0.2, 0) is 38.8 Å². The van der Waals surface area contributed by atoms with Crippen molar-refractivity contribution in [1.29, 1.82) is 0 Å². The number of benzene rings is 3. The lowest BCUT2D eigenvalue weighted by atomic mass is 10.0. The number of rotatable bonds is 13. The molecule has 0 aliphatic heterocycles. The molecule has 4 rings (SSSR count). The highest BCUT2D eigenvalue weighted by Crippen LogP contribution is 2.33. The lowest BCUT2D eigenvalue weighted by molar-refractivity contribution is -0.138. The summed E-state index contributed by atoms with van der Waals surface area (Å²) in [6.07, 6.45) is -3.44. The number of carbonyl (C=O) groups is 2. The summed E-state index contributed by atoms with van der Waals surface area (Å²) in [6.45, 7) is 1.96. The van der Waals surface area contributed by atoms with Gasteiger partial charge in [-0.1, -0.05) is 67.9 Å². The number of carboxylic acids is 1. The largest absolute Gasteiger partial charge is 0.481 e. The fourth-order valence-corrected chi connectivity index (χ4v) is 5.98. The molecule has 1 heterocycles. The Balaban J connectivity index is 1.63. The number of aromatic nitrogens is 3. The Hall–Kier alpha value is -4.72. The number of alkyl halides is 3. The first-order valence-corrected chi connectivity index (χ1v) is 15.6. The van der Waals surface area contributed by atoms with Crippen molar-refractivity contribution in [3.63, 3.8) is 0 Å². The van der Waals surface area contributed by atoms with E-state index in [0.717, 1.165) is 17.2 Å².